The molecular formula is C14H10F3N3O2. The number of carboxylic acids is 1. The molecule has 0 amide bonds. The highest BCUT2D eigenvalue weighted by atomic mass is 19.4. The van der Waals surface area contributed by atoms with Crippen LogP contribution in [-0.4, -0.2) is 25.8 Å². The molecule has 2 heterocycles. The van der Waals surface area contributed by atoms with E-state index in [2.05, 4.69) is 10.2 Å². The van der Waals surface area contributed by atoms with Crippen molar-refractivity contribution in [2.45, 2.75) is 6.18 Å². The summed E-state index contributed by atoms with van der Waals surface area (Å²) in [7, 11) is 1.46. The van der Waals surface area contributed by atoms with Crippen molar-refractivity contribution in [2.24, 2.45) is 7.05 Å². The number of hydrogen-bond acceptors (Lipinski definition) is 2. The van der Waals surface area contributed by atoms with Crippen LogP contribution in [0.1, 0.15) is 15.9 Å². The molecule has 0 aliphatic carbocycles. The van der Waals surface area contributed by atoms with Crippen LogP contribution in [0.3, 0.4) is 0 Å². The third-order valence-electron chi connectivity index (χ3n) is 3.49. The van der Waals surface area contributed by atoms with Crippen LogP contribution >= 0.6 is 0 Å². The van der Waals surface area contributed by atoms with Gasteiger partial charge in [0, 0.05) is 12.4 Å². The van der Waals surface area contributed by atoms with Gasteiger partial charge in [-0.3, -0.25) is 5.10 Å². The number of alkyl halides is 3. The maximum atomic E-state index is 13.1. The van der Waals surface area contributed by atoms with Crippen LogP contribution in [0.4, 0.5) is 13.2 Å². The predicted octanol–water partition coefficient (Wildman–Crippen LogP) is 3.29. The number of fused-ring (bicyclic) bond motifs is 1. The number of halogens is 3. The van der Waals surface area contributed by atoms with E-state index in [1.54, 1.807) is 6.07 Å². The van der Waals surface area contributed by atoms with Gasteiger partial charge in [-0.1, -0.05) is 12.1 Å². The summed E-state index contributed by atoms with van der Waals surface area (Å²) in [6.07, 6.45) is -3.37. The van der Waals surface area contributed by atoms with Gasteiger partial charge in [0.25, 0.3) is 0 Å². The minimum atomic E-state index is -4.49. The summed E-state index contributed by atoms with van der Waals surface area (Å²) in [4.78, 5) is 11.2. The number of H-pyrrole nitrogens is 1. The van der Waals surface area contributed by atoms with Gasteiger partial charge in [0.15, 0.2) is 0 Å². The van der Waals surface area contributed by atoms with E-state index in [0.717, 1.165) is 12.3 Å². The van der Waals surface area contributed by atoms with E-state index in [4.69, 9.17) is 5.11 Å². The first-order valence-corrected chi connectivity index (χ1v) is 6.23. The number of para-hydroxylation sites is 1. The Bertz CT molecular complexity index is 877. The van der Waals surface area contributed by atoms with Crippen LogP contribution in [0.5, 0.6) is 0 Å². The number of carbonyl (C=O) groups is 1. The molecule has 0 fully saturated rings. The number of nitrogens with zero attached hydrogens (tertiary/aromatic N) is 2. The fourth-order valence-corrected chi connectivity index (χ4v) is 2.53. The van der Waals surface area contributed by atoms with Crippen LogP contribution in [0.2, 0.25) is 0 Å². The summed E-state index contributed by atoms with van der Waals surface area (Å²) in [6.45, 7) is 0. The number of aromatic amines is 1. The molecule has 0 bridgehead atoms. The van der Waals surface area contributed by atoms with E-state index < -0.39 is 17.7 Å². The normalized spacial score (nSPS) is 12.0. The molecule has 0 radical (unpaired) electrons. The Morgan fingerprint density at radius 1 is 1.36 bits per heavy atom. The SMILES string of the molecule is Cn1c(-c2[nH]ncc2C(=O)O)cc2cccc(C(F)(F)F)c21. The average molecular weight is 309 g/mol. The van der Waals surface area contributed by atoms with E-state index in [1.165, 1.54) is 23.7 Å². The van der Waals surface area contributed by atoms with E-state index in [-0.39, 0.29) is 16.8 Å². The lowest BCUT2D eigenvalue weighted by Crippen LogP contribution is -2.08. The summed E-state index contributed by atoms with van der Waals surface area (Å²) in [5, 5.41) is 15.7. The van der Waals surface area contributed by atoms with Crippen molar-refractivity contribution < 1.29 is 23.1 Å². The highest BCUT2D eigenvalue weighted by Gasteiger charge is 2.34. The van der Waals surface area contributed by atoms with Crippen molar-refractivity contribution in [3.05, 3.63) is 41.6 Å². The molecular weight excluding hydrogens is 299 g/mol. The Balaban J connectivity index is 2.32. The zero-order valence-electron chi connectivity index (χ0n) is 11.3. The van der Waals surface area contributed by atoms with Crippen molar-refractivity contribution in [1.82, 2.24) is 14.8 Å². The number of aromatic carboxylic acids is 1. The lowest BCUT2D eigenvalue weighted by molar-refractivity contribution is -0.136. The number of hydrogen-bond donors (Lipinski definition) is 2. The molecule has 2 aromatic heterocycles. The topological polar surface area (TPSA) is 70.9 Å². The van der Waals surface area contributed by atoms with Crippen LogP contribution in [-0.2, 0) is 13.2 Å². The largest absolute Gasteiger partial charge is 0.478 e. The molecule has 3 rings (SSSR count). The Kier molecular flexibility index (Phi) is 2.98. The van der Waals surface area contributed by atoms with Gasteiger partial charge in [0.1, 0.15) is 5.56 Å². The second-order valence-corrected chi connectivity index (χ2v) is 4.79. The molecule has 0 saturated heterocycles. The number of rotatable bonds is 2. The number of nitrogens with one attached hydrogen (secondary N) is 1. The first kappa shape index (κ1) is 14.2. The van der Waals surface area contributed by atoms with Crippen molar-refractivity contribution in [1.29, 1.82) is 0 Å². The summed E-state index contributed by atoms with van der Waals surface area (Å²) in [6, 6.07) is 5.37. The second kappa shape index (κ2) is 4.62. The molecule has 2 N–H and O–H groups in total. The number of carboxylic acid groups (broad SMARTS) is 1. The maximum Gasteiger partial charge on any atom is 0.418 e. The number of aryl methyl sites for hydroxylation is 1. The molecule has 0 aliphatic rings. The monoisotopic (exact) mass is 309 g/mol. The summed E-state index contributed by atoms with van der Waals surface area (Å²) < 4.78 is 40.7. The van der Waals surface area contributed by atoms with E-state index in [9.17, 15) is 18.0 Å². The minimum Gasteiger partial charge on any atom is -0.478 e. The van der Waals surface area contributed by atoms with Gasteiger partial charge in [-0.05, 0) is 12.1 Å². The summed E-state index contributed by atoms with van der Waals surface area (Å²) in [5.74, 6) is -1.20. The van der Waals surface area contributed by atoms with Crippen molar-refractivity contribution in [3.63, 3.8) is 0 Å². The van der Waals surface area contributed by atoms with Crippen LogP contribution in [0, 0.1) is 0 Å². The molecule has 8 heteroatoms. The van der Waals surface area contributed by atoms with Crippen LogP contribution in [0.25, 0.3) is 22.3 Å². The molecule has 5 nitrogen and oxygen atoms in total. The maximum absolute atomic E-state index is 13.1. The summed E-state index contributed by atoms with van der Waals surface area (Å²) in [5.41, 5.74) is -0.383. The van der Waals surface area contributed by atoms with Gasteiger partial charge < -0.3 is 9.67 Å². The molecule has 0 atom stereocenters. The van der Waals surface area contributed by atoms with Gasteiger partial charge in [-0.25, -0.2) is 4.79 Å². The highest BCUT2D eigenvalue weighted by molar-refractivity contribution is 5.97. The zero-order chi connectivity index (χ0) is 16.1. The van der Waals surface area contributed by atoms with Gasteiger partial charge >= 0.3 is 12.1 Å². The fraction of sp³-hybridized carbons (Fsp3) is 0.143. The molecule has 0 saturated carbocycles. The first-order valence-electron chi connectivity index (χ1n) is 6.23. The standard InChI is InChI=1S/C14H10F3N3O2/c1-20-10(11-8(13(21)22)6-18-19-11)5-7-3-2-4-9(12(7)20)14(15,16)17/h2-6H,1H3,(H,18,19)(H,21,22). The van der Waals surface area contributed by atoms with E-state index >= 15 is 0 Å². The van der Waals surface area contributed by atoms with Crippen molar-refractivity contribution in [3.8, 4) is 11.4 Å². The Hall–Kier alpha value is -2.77. The molecule has 114 valence electrons. The van der Waals surface area contributed by atoms with Gasteiger partial charge in [-0.2, -0.15) is 18.3 Å². The van der Waals surface area contributed by atoms with Crippen LogP contribution < -0.4 is 0 Å². The summed E-state index contributed by atoms with van der Waals surface area (Å²) >= 11 is 0. The molecule has 0 unspecified atom stereocenters. The lowest BCUT2D eigenvalue weighted by atomic mass is 10.1. The number of aromatic nitrogens is 3. The van der Waals surface area contributed by atoms with E-state index in [0.29, 0.717) is 11.1 Å². The minimum absolute atomic E-state index is 0.00376. The molecule has 3 aromatic rings. The average Bonchev–Trinajstić information content (AvgIpc) is 3.02. The third-order valence-corrected chi connectivity index (χ3v) is 3.49. The third kappa shape index (κ3) is 2.03. The second-order valence-electron chi connectivity index (χ2n) is 4.79. The zero-order valence-corrected chi connectivity index (χ0v) is 11.3. The molecule has 0 aliphatic heterocycles. The molecule has 22 heavy (non-hydrogen) atoms. The first-order chi connectivity index (χ1) is 10.3. The Labute approximate surface area is 122 Å². The predicted molar refractivity (Wildman–Crippen MR) is 72.5 cm³/mol. The molecule has 1 aromatic carbocycles. The van der Waals surface area contributed by atoms with Crippen molar-refractivity contribution in [2.75, 3.05) is 0 Å². The Morgan fingerprint density at radius 3 is 2.73 bits per heavy atom. The smallest absolute Gasteiger partial charge is 0.418 e. The van der Waals surface area contributed by atoms with Gasteiger partial charge in [0.05, 0.1) is 28.7 Å². The van der Waals surface area contributed by atoms with Crippen molar-refractivity contribution >= 4 is 16.9 Å². The van der Waals surface area contributed by atoms with Crippen LogP contribution in [0.15, 0.2) is 30.5 Å². The highest BCUT2D eigenvalue weighted by Crippen LogP contribution is 2.37. The molecule has 0 spiro atoms. The lowest BCUT2D eigenvalue weighted by Gasteiger charge is -2.10. The quantitative estimate of drug-likeness (QED) is 0.763. The van der Waals surface area contributed by atoms with Gasteiger partial charge in [0.2, 0.25) is 0 Å². The Morgan fingerprint density at radius 2 is 2.09 bits per heavy atom. The van der Waals surface area contributed by atoms with Gasteiger partial charge in [-0.15, -0.1) is 0 Å². The van der Waals surface area contributed by atoms with E-state index in [1.807, 2.05) is 0 Å². The fourth-order valence-electron chi connectivity index (χ4n) is 2.53. The number of benzene rings is 1.